The maximum atomic E-state index is 11.7. The lowest BCUT2D eigenvalue weighted by Crippen LogP contribution is -2.46. The van der Waals surface area contributed by atoms with Crippen LogP contribution in [0.15, 0.2) is 0 Å². The molecule has 0 aromatic heterocycles. The number of ether oxygens (including phenoxy) is 1. The molecule has 0 aliphatic rings. The van der Waals surface area contributed by atoms with E-state index in [2.05, 4.69) is 5.32 Å². The Bertz CT molecular complexity index is 271. The van der Waals surface area contributed by atoms with E-state index >= 15 is 0 Å². The minimum Gasteiger partial charge on any atom is -0.480 e. The van der Waals surface area contributed by atoms with Crippen LogP contribution in [0.4, 0.5) is 0 Å². The van der Waals surface area contributed by atoms with E-state index in [1.807, 2.05) is 13.8 Å². The van der Waals surface area contributed by atoms with Crippen molar-refractivity contribution in [3.8, 4) is 0 Å². The molecule has 0 radical (unpaired) electrons. The third kappa shape index (κ3) is 5.97. The average Bonchev–Trinajstić information content (AvgIpc) is 2.34. The van der Waals surface area contributed by atoms with E-state index in [9.17, 15) is 9.59 Å². The SMILES string of the molecule is CCOC(CN)CC(=O)N[C@H](C(=O)O)[C@@H](C)CC. The van der Waals surface area contributed by atoms with Crippen LogP contribution in [0.5, 0.6) is 0 Å². The Morgan fingerprint density at radius 2 is 2.00 bits per heavy atom. The molecule has 4 N–H and O–H groups in total. The molecule has 0 fully saturated rings. The highest BCUT2D eigenvalue weighted by Crippen LogP contribution is 2.08. The highest BCUT2D eigenvalue weighted by molar-refractivity contribution is 5.83. The molecular weight excluding hydrogens is 236 g/mol. The number of carbonyl (C=O) groups excluding carboxylic acids is 1. The van der Waals surface area contributed by atoms with Crippen LogP contribution in [0.25, 0.3) is 0 Å². The fourth-order valence-corrected chi connectivity index (χ4v) is 1.57. The number of amides is 1. The Morgan fingerprint density at radius 1 is 1.39 bits per heavy atom. The number of nitrogens with one attached hydrogen (secondary N) is 1. The van der Waals surface area contributed by atoms with Crippen molar-refractivity contribution >= 4 is 11.9 Å². The van der Waals surface area contributed by atoms with Crippen molar-refractivity contribution in [1.82, 2.24) is 5.32 Å². The standard InChI is InChI=1S/C12H24N2O4/c1-4-8(3)11(12(16)17)14-10(15)6-9(7-13)18-5-2/h8-9,11H,4-7,13H2,1-3H3,(H,14,15)(H,16,17)/t8-,9?,11-/m0/s1. The monoisotopic (exact) mass is 260 g/mol. The predicted octanol–water partition coefficient (Wildman–Crippen LogP) is 0.356. The minimum absolute atomic E-state index is 0.0879. The van der Waals surface area contributed by atoms with Crippen LogP contribution in [-0.2, 0) is 14.3 Å². The van der Waals surface area contributed by atoms with Gasteiger partial charge in [0.05, 0.1) is 12.5 Å². The molecule has 1 amide bonds. The molecule has 1 unspecified atom stereocenters. The summed E-state index contributed by atoms with van der Waals surface area (Å²) in [6, 6.07) is -0.859. The van der Waals surface area contributed by atoms with Gasteiger partial charge in [-0.2, -0.15) is 0 Å². The van der Waals surface area contributed by atoms with Crippen LogP contribution in [0, 0.1) is 5.92 Å². The molecule has 0 aliphatic carbocycles. The Hall–Kier alpha value is -1.14. The summed E-state index contributed by atoms with van der Waals surface area (Å²) < 4.78 is 5.26. The Balaban J connectivity index is 4.37. The average molecular weight is 260 g/mol. The van der Waals surface area contributed by atoms with Crippen LogP contribution in [0.2, 0.25) is 0 Å². The van der Waals surface area contributed by atoms with Crippen molar-refractivity contribution in [2.45, 2.75) is 45.8 Å². The Morgan fingerprint density at radius 3 is 2.39 bits per heavy atom. The van der Waals surface area contributed by atoms with Gasteiger partial charge in [-0.1, -0.05) is 20.3 Å². The summed E-state index contributed by atoms with van der Waals surface area (Å²) in [7, 11) is 0. The molecule has 0 aliphatic heterocycles. The highest BCUT2D eigenvalue weighted by Gasteiger charge is 2.26. The van der Waals surface area contributed by atoms with Gasteiger partial charge in [-0.3, -0.25) is 4.79 Å². The van der Waals surface area contributed by atoms with E-state index in [1.165, 1.54) is 0 Å². The molecule has 0 rings (SSSR count). The van der Waals surface area contributed by atoms with Gasteiger partial charge in [-0.15, -0.1) is 0 Å². The number of aliphatic carboxylic acids is 1. The van der Waals surface area contributed by atoms with Gasteiger partial charge in [-0.05, 0) is 12.8 Å². The molecule has 106 valence electrons. The van der Waals surface area contributed by atoms with E-state index in [0.717, 1.165) is 0 Å². The zero-order chi connectivity index (χ0) is 14.1. The third-order valence-electron chi connectivity index (χ3n) is 2.87. The fraction of sp³-hybridized carbons (Fsp3) is 0.833. The zero-order valence-corrected chi connectivity index (χ0v) is 11.3. The maximum absolute atomic E-state index is 11.7. The first kappa shape index (κ1) is 16.9. The van der Waals surface area contributed by atoms with E-state index in [-0.39, 0.29) is 30.9 Å². The number of carbonyl (C=O) groups is 2. The molecule has 6 heteroatoms. The number of nitrogens with two attached hydrogens (primary N) is 1. The number of hydrogen-bond donors (Lipinski definition) is 3. The predicted molar refractivity (Wildman–Crippen MR) is 68.1 cm³/mol. The number of carboxylic acids is 1. The van der Waals surface area contributed by atoms with Crippen molar-refractivity contribution in [1.29, 1.82) is 0 Å². The molecule has 18 heavy (non-hydrogen) atoms. The number of carboxylic acid groups (broad SMARTS) is 1. The molecule has 0 spiro atoms. The first-order chi connectivity index (χ1) is 8.46. The summed E-state index contributed by atoms with van der Waals surface area (Å²) in [6.07, 6.45) is 0.412. The number of hydrogen-bond acceptors (Lipinski definition) is 4. The van der Waals surface area contributed by atoms with Crippen LogP contribution < -0.4 is 11.1 Å². The fourth-order valence-electron chi connectivity index (χ4n) is 1.57. The van der Waals surface area contributed by atoms with Gasteiger partial charge in [0.15, 0.2) is 0 Å². The quantitative estimate of drug-likeness (QED) is 0.555. The number of rotatable bonds is 9. The van der Waals surface area contributed by atoms with Crippen molar-refractivity contribution < 1.29 is 19.4 Å². The van der Waals surface area contributed by atoms with Crippen molar-refractivity contribution in [2.24, 2.45) is 11.7 Å². The lowest BCUT2D eigenvalue weighted by Gasteiger charge is -2.21. The van der Waals surface area contributed by atoms with E-state index in [0.29, 0.717) is 13.0 Å². The summed E-state index contributed by atoms with van der Waals surface area (Å²) in [6.45, 7) is 6.21. The minimum atomic E-state index is -1.02. The van der Waals surface area contributed by atoms with Gasteiger partial charge in [-0.25, -0.2) is 4.79 Å². The summed E-state index contributed by atoms with van der Waals surface area (Å²) in [5, 5.41) is 11.6. The Kier molecular flexibility index (Phi) is 8.32. The van der Waals surface area contributed by atoms with Gasteiger partial charge >= 0.3 is 5.97 Å². The molecule has 0 heterocycles. The highest BCUT2D eigenvalue weighted by atomic mass is 16.5. The molecule has 3 atom stereocenters. The van der Waals surface area contributed by atoms with Crippen molar-refractivity contribution in [2.75, 3.05) is 13.2 Å². The van der Waals surface area contributed by atoms with Crippen molar-refractivity contribution in [3.63, 3.8) is 0 Å². The van der Waals surface area contributed by atoms with E-state index in [4.69, 9.17) is 15.6 Å². The van der Waals surface area contributed by atoms with Crippen molar-refractivity contribution in [3.05, 3.63) is 0 Å². The van der Waals surface area contributed by atoms with Gasteiger partial charge < -0.3 is 20.9 Å². The lowest BCUT2D eigenvalue weighted by atomic mass is 9.99. The zero-order valence-electron chi connectivity index (χ0n) is 11.3. The maximum Gasteiger partial charge on any atom is 0.326 e. The first-order valence-corrected chi connectivity index (χ1v) is 6.30. The smallest absolute Gasteiger partial charge is 0.326 e. The summed E-state index contributed by atoms with van der Waals surface area (Å²) >= 11 is 0. The van der Waals surface area contributed by atoms with Crippen LogP contribution in [0.3, 0.4) is 0 Å². The van der Waals surface area contributed by atoms with Crippen LogP contribution in [0.1, 0.15) is 33.6 Å². The van der Waals surface area contributed by atoms with Crippen LogP contribution >= 0.6 is 0 Å². The van der Waals surface area contributed by atoms with Gasteiger partial charge in [0.25, 0.3) is 0 Å². The lowest BCUT2D eigenvalue weighted by molar-refractivity contribution is -0.143. The second-order valence-electron chi connectivity index (χ2n) is 4.29. The molecule has 0 saturated heterocycles. The van der Waals surface area contributed by atoms with Gasteiger partial charge in [0.2, 0.25) is 5.91 Å². The second-order valence-corrected chi connectivity index (χ2v) is 4.29. The second kappa shape index (κ2) is 8.88. The molecule has 0 saturated carbocycles. The van der Waals surface area contributed by atoms with E-state index < -0.39 is 12.0 Å². The van der Waals surface area contributed by atoms with Gasteiger partial charge in [0, 0.05) is 13.2 Å². The van der Waals surface area contributed by atoms with Gasteiger partial charge in [0.1, 0.15) is 6.04 Å². The molecular formula is C12H24N2O4. The molecule has 0 bridgehead atoms. The normalized spacial score (nSPS) is 15.8. The van der Waals surface area contributed by atoms with E-state index in [1.54, 1.807) is 6.92 Å². The summed E-state index contributed by atoms with van der Waals surface area (Å²) in [5.74, 6) is -1.47. The first-order valence-electron chi connectivity index (χ1n) is 6.30. The molecule has 6 nitrogen and oxygen atoms in total. The molecule has 0 aromatic rings. The third-order valence-corrected chi connectivity index (χ3v) is 2.87. The van der Waals surface area contributed by atoms with Crippen LogP contribution in [-0.4, -0.2) is 42.3 Å². The topological polar surface area (TPSA) is 102 Å². The summed E-state index contributed by atoms with van der Waals surface area (Å²) in [5.41, 5.74) is 5.46. The Labute approximate surface area is 108 Å². The largest absolute Gasteiger partial charge is 0.480 e. The molecule has 0 aromatic carbocycles. The summed E-state index contributed by atoms with van der Waals surface area (Å²) in [4.78, 5) is 22.8.